The average Bonchev–Trinajstić information content (AvgIpc) is 2.32. The molecule has 1 aromatic heterocycles. The highest BCUT2D eigenvalue weighted by Gasteiger charge is 2.08. The van der Waals surface area contributed by atoms with E-state index >= 15 is 0 Å². The van der Waals surface area contributed by atoms with E-state index in [9.17, 15) is 0 Å². The molecule has 0 amide bonds. The normalized spacial score (nSPS) is 10.8. The second-order valence-electron chi connectivity index (χ2n) is 3.86. The van der Waals surface area contributed by atoms with E-state index in [0.717, 1.165) is 33.7 Å². The minimum atomic E-state index is 0.769. The lowest BCUT2D eigenvalue weighted by Gasteiger charge is -2.10. The van der Waals surface area contributed by atoms with Crippen molar-refractivity contribution in [2.45, 2.75) is 20.3 Å². The molecule has 0 saturated heterocycles. The van der Waals surface area contributed by atoms with E-state index in [-0.39, 0.29) is 0 Å². The third kappa shape index (κ3) is 1.74. The summed E-state index contributed by atoms with van der Waals surface area (Å²) in [4.78, 5) is 4.63. The third-order valence-electron chi connectivity index (χ3n) is 2.83. The van der Waals surface area contributed by atoms with Gasteiger partial charge < -0.3 is 5.32 Å². The molecule has 2 rings (SSSR count). The Bertz CT molecular complexity index is 486. The standard InChI is InChI=1S/C13H15ClN2/c1-4-9-7-10-11(14)6-5-8(2)12(10)16-13(9)15-3/h5-7H,4H2,1-3H3,(H,15,16). The lowest BCUT2D eigenvalue weighted by molar-refractivity contribution is 1.11. The molecule has 2 nitrogen and oxygen atoms in total. The van der Waals surface area contributed by atoms with E-state index in [1.165, 1.54) is 5.56 Å². The third-order valence-corrected chi connectivity index (χ3v) is 3.16. The number of rotatable bonds is 2. The molecule has 0 unspecified atom stereocenters. The van der Waals surface area contributed by atoms with Gasteiger partial charge in [-0.1, -0.05) is 24.6 Å². The molecule has 1 heterocycles. The highest BCUT2D eigenvalue weighted by Crippen LogP contribution is 2.28. The van der Waals surface area contributed by atoms with Crippen molar-refractivity contribution in [1.82, 2.24) is 4.98 Å². The van der Waals surface area contributed by atoms with Crippen LogP contribution in [0.1, 0.15) is 18.1 Å². The summed E-state index contributed by atoms with van der Waals surface area (Å²) in [5, 5.41) is 4.94. The Morgan fingerprint density at radius 2 is 2.12 bits per heavy atom. The van der Waals surface area contributed by atoms with Crippen molar-refractivity contribution < 1.29 is 0 Å². The Morgan fingerprint density at radius 3 is 2.75 bits per heavy atom. The van der Waals surface area contributed by atoms with Crippen molar-refractivity contribution in [2.75, 3.05) is 12.4 Å². The van der Waals surface area contributed by atoms with Crippen LogP contribution in [0.5, 0.6) is 0 Å². The van der Waals surface area contributed by atoms with Crippen molar-refractivity contribution in [3.8, 4) is 0 Å². The summed E-state index contributed by atoms with van der Waals surface area (Å²) in [5.41, 5.74) is 3.33. The summed E-state index contributed by atoms with van der Waals surface area (Å²) in [6.07, 6.45) is 0.948. The first-order valence-corrected chi connectivity index (χ1v) is 5.81. The summed E-state index contributed by atoms with van der Waals surface area (Å²) < 4.78 is 0. The quantitative estimate of drug-likeness (QED) is 0.855. The van der Waals surface area contributed by atoms with Gasteiger partial charge >= 0.3 is 0 Å². The van der Waals surface area contributed by atoms with Crippen molar-refractivity contribution in [3.05, 3.63) is 34.3 Å². The molecule has 2 aromatic rings. The van der Waals surface area contributed by atoms with Crippen molar-refractivity contribution in [1.29, 1.82) is 0 Å². The Kier molecular flexibility index (Phi) is 3.01. The van der Waals surface area contributed by atoms with Gasteiger partial charge in [-0.15, -0.1) is 0 Å². The summed E-state index contributed by atoms with van der Waals surface area (Å²) >= 11 is 6.19. The van der Waals surface area contributed by atoms with Crippen LogP contribution in [0.15, 0.2) is 18.2 Å². The molecule has 0 aliphatic carbocycles. The van der Waals surface area contributed by atoms with Crippen LogP contribution in [-0.2, 0) is 6.42 Å². The van der Waals surface area contributed by atoms with Gasteiger partial charge in [0.05, 0.1) is 5.52 Å². The molecular weight excluding hydrogens is 220 g/mol. The first-order chi connectivity index (χ1) is 7.67. The lowest BCUT2D eigenvalue weighted by atomic mass is 10.1. The van der Waals surface area contributed by atoms with Gasteiger partial charge in [0.2, 0.25) is 0 Å². The van der Waals surface area contributed by atoms with E-state index < -0.39 is 0 Å². The number of aromatic nitrogens is 1. The second kappa shape index (κ2) is 4.30. The van der Waals surface area contributed by atoms with Crippen LogP contribution in [0.3, 0.4) is 0 Å². The van der Waals surface area contributed by atoms with Gasteiger partial charge in [0.15, 0.2) is 0 Å². The van der Waals surface area contributed by atoms with E-state index in [2.05, 4.69) is 30.2 Å². The number of aryl methyl sites for hydroxylation is 2. The van der Waals surface area contributed by atoms with Gasteiger partial charge in [0, 0.05) is 17.5 Å². The molecular formula is C13H15ClN2. The number of halogens is 1. The molecule has 16 heavy (non-hydrogen) atoms. The summed E-state index contributed by atoms with van der Waals surface area (Å²) in [7, 11) is 1.90. The molecule has 1 N–H and O–H groups in total. The minimum Gasteiger partial charge on any atom is -0.373 e. The molecule has 0 fully saturated rings. The van der Waals surface area contributed by atoms with Crippen LogP contribution in [0.2, 0.25) is 5.02 Å². The second-order valence-corrected chi connectivity index (χ2v) is 4.27. The fraction of sp³-hybridized carbons (Fsp3) is 0.308. The highest BCUT2D eigenvalue weighted by atomic mass is 35.5. The number of anilines is 1. The van der Waals surface area contributed by atoms with E-state index in [4.69, 9.17) is 11.6 Å². The van der Waals surface area contributed by atoms with Gasteiger partial charge in [-0.25, -0.2) is 4.98 Å². The zero-order valence-electron chi connectivity index (χ0n) is 9.76. The summed E-state index contributed by atoms with van der Waals surface area (Å²) in [6.45, 7) is 4.17. The maximum atomic E-state index is 6.19. The van der Waals surface area contributed by atoms with E-state index in [1.807, 2.05) is 19.2 Å². The van der Waals surface area contributed by atoms with Crippen LogP contribution in [0.25, 0.3) is 10.9 Å². The largest absolute Gasteiger partial charge is 0.373 e. The molecule has 0 atom stereocenters. The topological polar surface area (TPSA) is 24.9 Å². The molecule has 3 heteroatoms. The Morgan fingerprint density at radius 1 is 1.38 bits per heavy atom. The number of benzene rings is 1. The maximum absolute atomic E-state index is 6.19. The number of fused-ring (bicyclic) bond motifs is 1. The zero-order valence-corrected chi connectivity index (χ0v) is 10.5. The number of hydrogen-bond acceptors (Lipinski definition) is 2. The van der Waals surface area contributed by atoms with Crippen LogP contribution in [0.4, 0.5) is 5.82 Å². The lowest BCUT2D eigenvalue weighted by Crippen LogP contribution is -1.99. The molecule has 0 aliphatic heterocycles. The Labute approximate surface area is 101 Å². The van der Waals surface area contributed by atoms with Gasteiger partial charge in [-0.3, -0.25) is 0 Å². The van der Waals surface area contributed by atoms with E-state index in [0.29, 0.717) is 0 Å². The van der Waals surface area contributed by atoms with Crippen molar-refractivity contribution in [3.63, 3.8) is 0 Å². The molecule has 1 aromatic carbocycles. The van der Waals surface area contributed by atoms with Crippen LogP contribution in [0, 0.1) is 6.92 Å². The fourth-order valence-corrected chi connectivity index (χ4v) is 2.10. The van der Waals surface area contributed by atoms with Gasteiger partial charge in [-0.2, -0.15) is 0 Å². The van der Waals surface area contributed by atoms with Crippen LogP contribution < -0.4 is 5.32 Å². The first-order valence-electron chi connectivity index (χ1n) is 5.43. The Hall–Kier alpha value is -1.28. The molecule has 0 aliphatic rings. The predicted octanol–water partition coefficient (Wildman–Crippen LogP) is 3.80. The molecule has 0 radical (unpaired) electrons. The van der Waals surface area contributed by atoms with Crippen LogP contribution >= 0.6 is 11.6 Å². The highest BCUT2D eigenvalue weighted by molar-refractivity contribution is 6.35. The molecule has 0 spiro atoms. The average molecular weight is 235 g/mol. The van der Waals surface area contributed by atoms with Gasteiger partial charge in [0.25, 0.3) is 0 Å². The molecule has 0 bridgehead atoms. The Balaban J connectivity index is 2.82. The maximum Gasteiger partial charge on any atom is 0.129 e. The number of hydrogen-bond donors (Lipinski definition) is 1. The zero-order chi connectivity index (χ0) is 11.7. The number of pyridine rings is 1. The fourth-order valence-electron chi connectivity index (χ4n) is 1.89. The van der Waals surface area contributed by atoms with Gasteiger partial charge in [-0.05, 0) is 36.6 Å². The smallest absolute Gasteiger partial charge is 0.129 e. The van der Waals surface area contributed by atoms with Crippen molar-refractivity contribution in [2.24, 2.45) is 0 Å². The SMILES string of the molecule is CCc1cc2c(Cl)ccc(C)c2nc1NC. The van der Waals surface area contributed by atoms with Crippen molar-refractivity contribution >= 4 is 28.3 Å². The number of nitrogens with one attached hydrogen (secondary N) is 1. The predicted molar refractivity (Wildman–Crippen MR) is 70.4 cm³/mol. The van der Waals surface area contributed by atoms with Gasteiger partial charge in [0.1, 0.15) is 5.82 Å². The summed E-state index contributed by atoms with van der Waals surface area (Å²) in [5.74, 6) is 0.945. The first kappa shape index (κ1) is 11.2. The summed E-state index contributed by atoms with van der Waals surface area (Å²) in [6, 6.07) is 6.06. The monoisotopic (exact) mass is 234 g/mol. The molecule has 0 saturated carbocycles. The number of nitrogens with zero attached hydrogens (tertiary/aromatic N) is 1. The molecule has 84 valence electrons. The van der Waals surface area contributed by atoms with Crippen LogP contribution in [-0.4, -0.2) is 12.0 Å². The minimum absolute atomic E-state index is 0.769. The van der Waals surface area contributed by atoms with E-state index in [1.54, 1.807) is 0 Å².